The van der Waals surface area contributed by atoms with Gasteiger partial charge in [-0.3, -0.25) is 0 Å². The zero-order chi connectivity index (χ0) is 19.2. The molecule has 0 atom stereocenters. The van der Waals surface area contributed by atoms with Crippen molar-refractivity contribution in [2.24, 2.45) is 0 Å². The Balaban J connectivity index is 1.69. The Morgan fingerprint density at radius 2 is 1.74 bits per heavy atom. The Hall–Kier alpha value is -2.79. The van der Waals surface area contributed by atoms with Crippen LogP contribution in [0.2, 0.25) is 5.02 Å². The molecule has 0 saturated heterocycles. The van der Waals surface area contributed by atoms with Crippen molar-refractivity contribution in [1.29, 1.82) is 0 Å². The van der Waals surface area contributed by atoms with Gasteiger partial charge in [0.05, 0.1) is 12.8 Å². The molecule has 0 aliphatic heterocycles. The average molecular weight is 384 g/mol. The van der Waals surface area contributed by atoms with Gasteiger partial charge in [-0.15, -0.1) is 0 Å². The molecule has 0 unspecified atom stereocenters. The van der Waals surface area contributed by atoms with Gasteiger partial charge in [-0.05, 0) is 37.1 Å². The topological polar surface area (TPSA) is 56.3 Å². The Bertz CT molecular complexity index is 917. The Morgan fingerprint density at radius 1 is 0.963 bits per heavy atom. The van der Waals surface area contributed by atoms with Gasteiger partial charge in [-0.25, -0.2) is 9.97 Å². The highest BCUT2D eigenvalue weighted by Crippen LogP contribution is 2.29. The number of aryl methyl sites for hydroxylation is 2. The van der Waals surface area contributed by atoms with Crippen LogP contribution in [-0.2, 0) is 13.2 Å². The summed E-state index contributed by atoms with van der Waals surface area (Å²) in [4.78, 5) is 8.62. The van der Waals surface area contributed by atoms with Crippen LogP contribution >= 0.6 is 11.6 Å². The van der Waals surface area contributed by atoms with Crippen LogP contribution in [0.3, 0.4) is 0 Å². The van der Waals surface area contributed by atoms with Gasteiger partial charge in [0.1, 0.15) is 23.3 Å². The van der Waals surface area contributed by atoms with Crippen LogP contribution in [0.15, 0.2) is 48.5 Å². The van der Waals surface area contributed by atoms with Gasteiger partial charge in [-0.1, -0.05) is 48.0 Å². The first-order chi connectivity index (χ1) is 13.1. The van der Waals surface area contributed by atoms with Crippen LogP contribution in [0.4, 0.5) is 5.82 Å². The number of nitrogens with one attached hydrogen (secondary N) is 1. The van der Waals surface area contributed by atoms with E-state index in [-0.39, 0.29) is 0 Å². The Labute approximate surface area is 164 Å². The van der Waals surface area contributed by atoms with Crippen LogP contribution in [0.1, 0.15) is 22.6 Å². The van der Waals surface area contributed by atoms with Crippen LogP contribution in [-0.4, -0.2) is 17.1 Å². The molecule has 0 bridgehead atoms. The second kappa shape index (κ2) is 8.73. The molecule has 3 aromatic rings. The number of benzene rings is 2. The Morgan fingerprint density at radius 3 is 2.48 bits per heavy atom. The van der Waals surface area contributed by atoms with Gasteiger partial charge >= 0.3 is 0 Å². The Kier molecular flexibility index (Phi) is 6.14. The molecule has 2 aromatic carbocycles. The quantitative estimate of drug-likeness (QED) is 0.625. The number of ether oxygens (including phenoxy) is 2. The molecule has 0 radical (unpaired) electrons. The number of hydrogen-bond acceptors (Lipinski definition) is 5. The smallest absolute Gasteiger partial charge is 0.161 e. The van der Waals surface area contributed by atoms with Crippen molar-refractivity contribution in [1.82, 2.24) is 9.97 Å². The van der Waals surface area contributed by atoms with Gasteiger partial charge in [0.2, 0.25) is 0 Å². The normalized spacial score (nSPS) is 10.5. The summed E-state index contributed by atoms with van der Waals surface area (Å²) in [7, 11) is 1.63. The maximum atomic E-state index is 6.28. The lowest BCUT2D eigenvalue weighted by molar-refractivity contribution is 0.284. The number of methoxy groups -OCH3 is 1. The molecular weight excluding hydrogens is 362 g/mol. The summed E-state index contributed by atoms with van der Waals surface area (Å²) in [6.45, 7) is 4.76. The highest BCUT2D eigenvalue weighted by molar-refractivity contribution is 6.33. The van der Waals surface area contributed by atoms with E-state index in [9.17, 15) is 0 Å². The van der Waals surface area contributed by atoms with E-state index in [0.717, 1.165) is 16.8 Å². The molecular formula is C21H22ClN3O2. The van der Waals surface area contributed by atoms with Gasteiger partial charge in [-0.2, -0.15) is 0 Å². The first-order valence-corrected chi connectivity index (χ1v) is 9.03. The molecule has 0 aliphatic carbocycles. The zero-order valence-electron chi connectivity index (χ0n) is 15.6. The highest BCUT2D eigenvalue weighted by Gasteiger charge is 2.10. The molecule has 0 saturated carbocycles. The fourth-order valence-corrected chi connectivity index (χ4v) is 2.83. The summed E-state index contributed by atoms with van der Waals surface area (Å²) >= 11 is 6.28. The summed E-state index contributed by atoms with van der Waals surface area (Å²) in [5.41, 5.74) is 2.90. The largest absolute Gasteiger partial charge is 0.493 e. The first-order valence-electron chi connectivity index (χ1n) is 8.65. The van der Waals surface area contributed by atoms with Crippen molar-refractivity contribution in [3.05, 3.63) is 76.2 Å². The molecule has 3 rings (SSSR count). The molecule has 140 valence electrons. The maximum Gasteiger partial charge on any atom is 0.161 e. The molecule has 0 aliphatic rings. The van der Waals surface area contributed by atoms with Crippen molar-refractivity contribution in [2.75, 3.05) is 12.4 Å². The van der Waals surface area contributed by atoms with Crippen molar-refractivity contribution < 1.29 is 9.47 Å². The van der Waals surface area contributed by atoms with E-state index in [1.165, 1.54) is 0 Å². The summed E-state index contributed by atoms with van der Waals surface area (Å²) < 4.78 is 11.4. The molecule has 0 amide bonds. The number of anilines is 1. The summed E-state index contributed by atoms with van der Waals surface area (Å²) in [6, 6.07) is 15.9. The third-order valence-corrected chi connectivity index (χ3v) is 4.51. The van der Waals surface area contributed by atoms with Gasteiger partial charge < -0.3 is 14.8 Å². The molecule has 6 heteroatoms. The fraction of sp³-hybridized carbons (Fsp3) is 0.238. The lowest BCUT2D eigenvalue weighted by Crippen LogP contribution is -2.06. The lowest BCUT2D eigenvalue weighted by atomic mass is 10.2. The van der Waals surface area contributed by atoms with Crippen molar-refractivity contribution in [2.45, 2.75) is 27.0 Å². The third kappa shape index (κ3) is 4.89. The number of aromatic nitrogens is 2. The van der Waals surface area contributed by atoms with Crippen LogP contribution < -0.4 is 14.8 Å². The van der Waals surface area contributed by atoms with Crippen molar-refractivity contribution in [3.63, 3.8) is 0 Å². The molecule has 0 fully saturated rings. The predicted octanol–water partition coefficient (Wildman–Crippen LogP) is 4.95. The van der Waals surface area contributed by atoms with Crippen LogP contribution in [0.5, 0.6) is 11.5 Å². The van der Waals surface area contributed by atoms with E-state index < -0.39 is 0 Å². The SMILES string of the molecule is COc1cc(CNc2nc(C)nc(C)c2Cl)ccc1OCc1ccccc1. The van der Waals surface area contributed by atoms with E-state index >= 15 is 0 Å². The van der Waals surface area contributed by atoms with Crippen molar-refractivity contribution >= 4 is 17.4 Å². The molecule has 1 N–H and O–H groups in total. The van der Waals surface area contributed by atoms with Gasteiger partial charge in [0.15, 0.2) is 11.5 Å². The second-order valence-corrected chi connectivity index (χ2v) is 6.51. The molecule has 5 nitrogen and oxygen atoms in total. The highest BCUT2D eigenvalue weighted by atomic mass is 35.5. The number of nitrogens with zero attached hydrogens (tertiary/aromatic N) is 2. The molecule has 1 aromatic heterocycles. The van der Waals surface area contributed by atoms with Gasteiger partial charge in [0.25, 0.3) is 0 Å². The predicted molar refractivity (Wildman–Crippen MR) is 108 cm³/mol. The monoisotopic (exact) mass is 383 g/mol. The zero-order valence-corrected chi connectivity index (χ0v) is 16.4. The first kappa shape index (κ1) is 19.0. The van der Waals surface area contributed by atoms with E-state index in [1.807, 2.05) is 62.4 Å². The van der Waals surface area contributed by atoms with Crippen LogP contribution in [0.25, 0.3) is 0 Å². The molecule has 0 spiro atoms. The number of rotatable bonds is 7. The van der Waals surface area contributed by atoms with Crippen molar-refractivity contribution in [3.8, 4) is 11.5 Å². The van der Waals surface area contributed by atoms with E-state index in [4.69, 9.17) is 21.1 Å². The van der Waals surface area contributed by atoms with E-state index in [2.05, 4.69) is 15.3 Å². The standard InChI is InChI=1S/C21H22ClN3O2/c1-14-20(22)21(25-15(2)24-14)23-12-17-9-10-18(19(11-17)26-3)27-13-16-7-5-4-6-8-16/h4-11H,12-13H2,1-3H3,(H,23,24,25). The average Bonchev–Trinajstić information content (AvgIpc) is 2.69. The maximum absolute atomic E-state index is 6.28. The minimum absolute atomic E-state index is 0.490. The van der Waals surface area contributed by atoms with E-state index in [0.29, 0.717) is 41.3 Å². The summed E-state index contributed by atoms with van der Waals surface area (Å²) in [5, 5.41) is 3.80. The number of halogens is 1. The van der Waals surface area contributed by atoms with E-state index in [1.54, 1.807) is 7.11 Å². The summed E-state index contributed by atoms with van der Waals surface area (Å²) in [5.74, 6) is 2.70. The number of hydrogen-bond donors (Lipinski definition) is 1. The van der Waals surface area contributed by atoms with Gasteiger partial charge in [0, 0.05) is 6.54 Å². The minimum Gasteiger partial charge on any atom is -0.493 e. The third-order valence-electron chi connectivity index (χ3n) is 4.05. The molecule has 27 heavy (non-hydrogen) atoms. The second-order valence-electron chi connectivity index (χ2n) is 6.13. The van der Waals surface area contributed by atoms with Crippen LogP contribution in [0, 0.1) is 13.8 Å². The molecule has 1 heterocycles. The summed E-state index contributed by atoms with van der Waals surface area (Å²) in [6.07, 6.45) is 0. The fourth-order valence-electron chi connectivity index (χ4n) is 2.68. The lowest BCUT2D eigenvalue weighted by Gasteiger charge is -2.14. The minimum atomic E-state index is 0.490.